The van der Waals surface area contributed by atoms with E-state index in [0.29, 0.717) is 47.7 Å². The minimum atomic E-state index is -4.03. The summed E-state index contributed by atoms with van der Waals surface area (Å²) in [6.07, 6.45) is 4.51. The molecule has 4 aromatic carbocycles. The molecular weight excluding hydrogens is 700 g/mol. The van der Waals surface area contributed by atoms with E-state index in [9.17, 15) is 13.2 Å². The lowest BCUT2D eigenvalue weighted by Gasteiger charge is -2.44. The smallest absolute Gasteiger partial charge is 0.309 e. The van der Waals surface area contributed by atoms with Gasteiger partial charge < -0.3 is 23.8 Å². The highest BCUT2D eigenvalue weighted by atomic mass is 35.5. The molecule has 4 aromatic rings. The van der Waals surface area contributed by atoms with Gasteiger partial charge in [0.15, 0.2) is 0 Å². The predicted octanol–water partition coefficient (Wildman–Crippen LogP) is 7.42. The van der Waals surface area contributed by atoms with Gasteiger partial charge in [0.2, 0.25) is 10.0 Å². The molecule has 274 valence electrons. The van der Waals surface area contributed by atoms with Gasteiger partial charge in [0.25, 0.3) is 0 Å². The summed E-state index contributed by atoms with van der Waals surface area (Å²) in [5.74, 6) is 1.71. The molecule has 1 aliphatic heterocycles. The Labute approximate surface area is 311 Å². The van der Waals surface area contributed by atoms with Crippen LogP contribution in [-0.2, 0) is 44.5 Å². The van der Waals surface area contributed by atoms with E-state index in [1.165, 1.54) is 22.5 Å². The molecule has 0 radical (unpaired) electrons. The number of benzene rings is 4. The number of hydrogen-bond donors (Lipinski definition) is 0. The van der Waals surface area contributed by atoms with E-state index in [-0.39, 0.29) is 41.2 Å². The van der Waals surface area contributed by atoms with Gasteiger partial charge in [-0.1, -0.05) is 41.9 Å². The van der Waals surface area contributed by atoms with Gasteiger partial charge in [0.1, 0.15) is 17.2 Å². The van der Waals surface area contributed by atoms with Crippen LogP contribution in [0, 0.1) is 11.8 Å². The third kappa shape index (κ3) is 7.21. The molecular formula is C41H45ClN2O7S. The largest absolute Gasteiger partial charge is 0.497 e. The fourth-order valence-corrected chi connectivity index (χ4v) is 9.66. The van der Waals surface area contributed by atoms with Crippen molar-refractivity contribution in [2.45, 2.75) is 55.5 Å². The fraction of sp³-hybridized carbons (Fsp3) is 0.390. The summed E-state index contributed by atoms with van der Waals surface area (Å²) >= 11 is 6.45. The lowest BCUT2D eigenvalue weighted by molar-refractivity contribution is -0.151. The number of sulfonamides is 1. The zero-order chi connectivity index (χ0) is 36.5. The molecule has 0 amide bonds. The predicted molar refractivity (Wildman–Crippen MR) is 201 cm³/mol. The van der Waals surface area contributed by atoms with Crippen molar-refractivity contribution in [3.8, 4) is 17.2 Å². The van der Waals surface area contributed by atoms with Crippen molar-refractivity contribution in [3.63, 3.8) is 0 Å². The quantitative estimate of drug-likeness (QED) is 0.147. The van der Waals surface area contributed by atoms with E-state index in [4.69, 9.17) is 30.5 Å². The maximum atomic E-state index is 14.8. The Kier molecular flexibility index (Phi) is 10.4. The highest BCUT2D eigenvalue weighted by Crippen LogP contribution is 2.47. The Morgan fingerprint density at radius 3 is 2.17 bits per heavy atom. The van der Waals surface area contributed by atoms with Gasteiger partial charge in [-0.25, -0.2) is 8.42 Å². The third-order valence-corrected chi connectivity index (χ3v) is 13.1. The second kappa shape index (κ2) is 15.0. The van der Waals surface area contributed by atoms with E-state index in [1.807, 2.05) is 54.6 Å². The Bertz CT molecular complexity index is 1970. The minimum absolute atomic E-state index is 0.0747. The number of esters is 1. The van der Waals surface area contributed by atoms with Gasteiger partial charge in [-0.05, 0) is 115 Å². The van der Waals surface area contributed by atoms with Crippen molar-refractivity contribution in [2.75, 3.05) is 45.9 Å². The molecule has 0 bridgehead atoms. The molecule has 11 heteroatoms. The molecule has 1 fully saturated rings. The molecule has 1 spiro atoms. The number of rotatable bonds is 11. The van der Waals surface area contributed by atoms with Crippen LogP contribution in [0.1, 0.15) is 47.9 Å². The van der Waals surface area contributed by atoms with E-state index in [2.05, 4.69) is 17.0 Å². The van der Waals surface area contributed by atoms with E-state index in [0.717, 1.165) is 43.2 Å². The molecule has 0 saturated heterocycles. The van der Waals surface area contributed by atoms with Crippen LogP contribution in [0.15, 0.2) is 89.8 Å². The first-order valence-corrected chi connectivity index (χ1v) is 19.6. The van der Waals surface area contributed by atoms with Crippen LogP contribution in [0.4, 0.5) is 5.69 Å². The molecule has 7 rings (SSSR count). The highest BCUT2D eigenvalue weighted by molar-refractivity contribution is 7.89. The summed E-state index contributed by atoms with van der Waals surface area (Å²) in [5, 5.41) is 0.713. The molecule has 9 nitrogen and oxygen atoms in total. The lowest BCUT2D eigenvalue weighted by Crippen LogP contribution is -2.49. The molecule has 1 saturated carbocycles. The Hall–Kier alpha value is -4.25. The van der Waals surface area contributed by atoms with Gasteiger partial charge in [0, 0.05) is 36.6 Å². The highest BCUT2D eigenvalue weighted by Gasteiger charge is 2.45. The first kappa shape index (κ1) is 36.1. The maximum absolute atomic E-state index is 14.8. The third-order valence-electron chi connectivity index (χ3n) is 11.1. The number of hydrogen-bond acceptors (Lipinski definition) is 8. The number of ether oxygens (including phenoxy) is 4. The van der Waals surface area contributed by atoms with Crippen molar-refractivity contribution < 1.29 is 32.2 Å². The van der Waals surface area contributed by atoms with Crippen molar-refractivity contribution in [1.82, 2.24) is 4.31 Å². The van der Waals surface area contributed by atoms with Crippen LogP contribution in [0.3, 0.4) is 0 Å². The Morgan fingerprint density at radius 2 is 1.58 bits per heavy atom. The number of halogens is 1. The number of carbonyl (C=O) groups excluding carboxylic acids is 1. The number of fused-ring (bicyclic) bond motifs is 3. The van der Waals surface area contributed by atoms with E-state index < -0.39 is 10.0 Å². The van der Waals surface area contributed by atoms with Crippen molar-refractivity contribution in [2.24, 2.45) is 11.8 Å². The minimum Gasteiger partial charge on any atom is -0.497 e. The number of methoxy groups -OCH3 is 3. The molecule has 3 aliphatic rings. The zero-order valence-corrected chi connectivity index (χ0v) is 31.4. The van der Waals surface area contributed by atoms with Gasteiger partial charge in [-0.2, -0.15) is 4.31 Å². The number of aryl methyl sites for hydroxylation is 1. The van der Waals surface area contributed by atoms with Crippen molar-refractivity contribution in [1.29, 1.82) is 0 Å². The second-order valence-corrected chi connectivity index (χ2v) is 16.5. The Morgan fingerprint density at radius 1 is 0.904 bits per heavy atom. The lowest BCUT2D eigenvalue weighted by atomic mass is 9.69. The monoisotopic (exact) mass is 744 g/mol. The SMILES string of the molecule is COC(=O)[C@@H]1CC[C@H]1CN1C[C@@]2(CCCc3cc(Cl)ccc32)COc2ccc(S(=O)(=O)N(Cc3ccc(OC)cc3)Cc3ccc(OC)cc3)cc21. The van der Waals surface area contributed by atoms with Crippen LogP contribution >= 0.6 is 11.6 Å². The zero-order valence-electron chi connectivity index (χ0n) is 29.8. The van der Waals surface area contributed by atoms with Crippen molar-refractivity contribution >= 4 is 33.3 Å². The molecule has 3 atom stereocenters. The molecule has 1 heterocycles. The fourth-order valence-electron chi connectivity index (χ4n) is 8.03. The average Bonchev–Trinajstić information content (AvgIpc) is 3.30. The second-order valence-electron chi connectivity index (χ2n) is 14.2. The summed E-state index contributed by atoms with van der Waals surface area (Å²) < 4.78 is 53.5. The van der Waals surface area contributed by atoms with E-state index >= 15 is 0 Å². The number of anilines is 1. The number of nitrogens with zero attached hydrogens (tertiary/aromatic N) is 2. The van der Waals surface area contributed by atoms with Crippen LogP contribution < -0.4 is 19.1 Å². The first-order chi connectivity index (χ1) is 25.1. The average molecular weight is 745 g/mol. The summed E-state index contributed by atoms with van der Waals surface area (Å²) in [6, 6.07) is 26.2. The van der Waals surface area contributed by atoms with Crippen LogP contribution in [-0.4, -0.2) is 59.7 Å². The summed E-state index contributed by atoms with van der Waals surface area (Å²) in [7, 11) is 0.610. The molecule has 52 heavy (non-hydrogen) atoms. The van der Waals surface area contributed by atoms with Gasteiger partial charge in [-0.15, -0.1) is 0 Å². The maximum Gasteiger partial charge on any atom is 0.309 e. The summed E-state index contributed by atoms with van der Waals surface area (Å²) in [6.45, 7) is 1.95. The summed E-state index contributed by atoms with van der Waals surface area (Å²) in [4.78, 5) is 15.1. The van der Waals surface area contributed by atoms with Crippen LogP contribution in [0.2, 0.25) is 5.02 Å². The number of carbonyl (C=O) groups is 1. The van der Waals surface area contributed by atoms with Gasteiger partial charge in [0.05, 0.1) is 44.4 Å². The van der Waals surface area contributed by atoms with Gasteiger partial charge >= 0.3 is 5.97 Å². The van der Waals surface area contributed by atoms with Crippen LogP contribution in [0.5, 0.6) is 17.2 Å². The molecule has 0 unspecified atom stereocenters. The molecule has 0 N–H and O–H groups in total. The summed E-state index contributed by atoms with van der Waals surface area (Å²) in [5.41, 5.74) is 4.47. The standard InChI is InChI=1S/C41H45ClN2O7S/c1-48-33-12-6-28(7-13-33)23-44(24-29-8-14-34(49-2)15-9-29)52(46,47)35-16-19-39-38(22-35)43(25-31-10-17-36(31)40(45)50-3)26-41(27-51-39)20-4-5-30-21-32(42)11-18-37(30)41/h6-9,11-16,18-19,21-22,31,36H,4-5,10,17,20,23-27H2,1-3H3/t31-,36+,41-/m0/s1. The Balaban J connectivity index is 1.27. The normalized spacial score (nSPS) is 21.0. The molecule has 2 aliphatic carbocycles. The van der Waals surface area contributed by atoms with Crippen molar-refractivity contribution in [3.05, 3.63) is 112 Å². The molecule has 0 aromatic heterocycles. The van der Waals surface area contributed by atoms with Gasteiger partial charge in [-0.3, -0.25) is 4.79 Å². The van der Waals surface area contributed by atoms with Crippen LogP contribution in [0.25, 0.3) is 0 Å². The topological polar surface area (TPSA) is 94.6 Å². The van der Waals surface area contributed by atoms with E-state index in [1.54, 1.807) is 32.4 Å². The first-order valence-electron chi connectivity index (χ1n) is 17.8.